The van der Waals surface area contributed by atoms with Gasteiger partial charge in [0.05, 0.1) is 17.1 Å². The molecule has 0 saturated heterocycles. The third-order valence-corrected chi connectivity index (χ3v) is 4.91. The monoisotopic (exact) mass is 402 g/mol. The Morgan fingerprint density at radius 2 is 1.75 bits per heavy atom. The first-order chi connectivity index (χ1) is 13.4. The van der Waals surface area contributed by atoms with Crippen LogP contribution in [0.25, 0.3) is 0 Å². The molecule has 1 aliphatic rings. The molecule has 1 heterocycles. The lowest BCUT2D eigenvalue weighted by Gasteiger charge is -2.28. The molecule has 2 aromatic carbocycles. The van der Waals surface area contributed by atoms with Crippen LogP contribution in [0, 0.1) is 0 Å². The summed E-state index contributed by atoms with van der Waals surface area (Å²) in [5.74, 6) is 0.796. The van der Waals surface area contributed by atoms with Crippen LogP contribution in [0.15, 0.2) is 42.5 Å². The number of halogens is 1. The predicted octanol–water partition coefficient (Wildman–Crippen LogP) is 2.94. The Balaban J connectivity index is 1.53. The van der Waals surface area contributed by atoms with E-state index in [-0.39, 0.29) is 23.8 Å². The van der Waals surface area contributed by atoms with Crippen molar-refractivity contribution in [2.75, 3.05) is 26.3 Å². The molecule has 0 fully saturated rings. The van der Waals surface area contributed by atoms with Gasteiger partial charge in [-0.1, -0.05) is 43.6 Å². The highest BCUT2D eigenvalue weighted by Gasteiger charge is 2.24. The van der Waals surface area contributed by atoms with Gasteiger partial charge in [-0.2, -0.15) is 0 Å². The molecular formula is C21H23ClN2O4. The van der Waals surface area contributed by atoms with E-state index in [1.807, 2.05) is 32.0 Å². The van der Waals surface area contributed by atoms with Crippen LogP contribution in [-0.2, 0) is 10.2 Å². The highest BCUT2D eigenvalue weighted by atomic mass is 35.5. The summed E-state index contributed by atoms with van der Waals surface area (Å²) in [4.78, 5) is 24.3. The van der Waals surface area contributed by atoms with E-state index >= 15 is 0 Å². The Morgan fingerprint density at radius 3 is 2.50 bits per heavy atom. The van der Waals surface area contributed by atoms with Crippen LogP contribution in [0.2, 0.25) is 5.02 Å². The van der Waals surface area contributed by atoms with E-state index in [0.717, 1.165) is 17.1 Å². The van der Waals surface area contributed by atoms with Crippen molar-refractivity contribution in [2.45, 2.75) is 19.3 Å². The van der Waals surface area contributed by atoms with Crippen molar-refractivity contribution in [3.63, 3.8) is 0 Å². The van der Waals surface area contributed by atoms with E-state index in [9.17, 15) is 9.59 Å². The minimum atomic E-state index is -0.383. The van der Waals surface area contributed by atoms with Gasteiger partial charge in [0.15, 0.2) is 11.5 Å². The summed E-state index contributed by atoms with van der Waals surface area (Å²) < 4.78 is 11.2. The van der Waals surface area contributed by atoms with Gasteiger partial charge in [0.25, 0.3) is 5.91 Å². The zero-order chi connectivity index (χ0) is 20.1. The Kier molecular flexibility index (Phi) is 6.09. The average molecular weight is 403 g/mol. The van der Waals surface area contributed by atoms with Crippen LogP contribution in [0.1, 0.15) is 29.8 Å². The van der Waals surface area contributed by atoms with Crippen LogP contribution < -0.4 is 20.1 Å². The van der Waals surface area contributed by atoms with E-state index < -0.39 is 0 Å². The average Bonchev–Trinajstić information content (AvgIpc) is 2.70. The van der Waals surface area contributed by atoms with Gasteiger partial charge in [-0.3, -0.25) is 9.59 Å². The maximum atomic E-state index is 12.2. The van der Waals surface area contributed by atoms with Gasteiger partial charge in [0, 0.05) is 12.0 Å². The molecule has 0 unspecified atom stereocenters. The van der Waals surface area contributed by atoms with Crippen LogP contribution in [-0.4, -0.2) is 38.1 Å². The summed E-state index contributed by atoms with van der Waals surface area (Å²) in [5, 5.41) is 5.80. The fraction of sp³-hybridized carbons (Fsp3) is 0.333. The van der Waals surface area contributed by atoms with Crippen LogP contribution in [0.5, 0.6) is 11.5 Å². The molecular weight excluding hydrogens is 380 g/mol. The molecule has 28 heavy (non-hydrogen) atoms. The minimum absolute atomic E-state index is 0.124. The summed E-state index contributed by atoms with van der Waals surface area (Å²) in [6.07, 6.45) is 0. The molecule has 2 N–H and O–H groups in total. The zero-order valence-corrected chi connectivity index (χ0v) is 16.6. The molecule has 6 nitrogen and oxygen atoms in total. The second-order valence-corrected chi connectivity index (χ2v) is 7.59. The number of nitrogens with one attached hydrogen (secondary N) is 2. The zero-order valence-electron chi connectivity index (χ0n) is 15.9. The lowest BCUT2D eigenvalue weighted by Crippen LogP contribution is -2.42. The molecule has 0 aromatic heterocycles. The summed E-state index contributed by atoms with van der Waals surface area (Å²) in [5.41, 5.74) is 1.05. The Hall–Kier alpha value is -2.73. The summed E-state index contributed by atoms with van der Waals surface area (Å²) in [6, 6.07) is 12.5. The molecule has 7 heteroatoms. The second-order valence-electron chi connectivity index (χ2n) is 7.18. The number of fused-ring (bicyclic) bond motifs is 1. The molecule has 3 rings (SSSR count). The first-order valence-electron chi connectivity index (χ1n) is 9.06. The van der Waals surface area contributed by atoms with Crippen molar-refractivity contribution in [3.05, 3.63) is 58.6 Å². The molecule has 2 amide bonds. The van der Waals surface area contributed by atoms with Gasteiger partial charge in [-0.05, 0) is 29.8 Å². The number of rotatable bonds is 6. The highest BCUT2D eigenvalue weighted by Crippen LogP contribution is 2.34. The number of carbonyl (C=O) groups is 2. The van der Waals surface area contributed by atoms with Crippen molar-refractivity contribution < 1.29 is 19.1 Å². The first-order valence-corrected chi connectivity index (χ1v) is 9.44. The van der Waals surface area contributed by atoms with Crippen molar-refractivity contribution in [1.29, 1.82) is 0 Å². The van der Waals surface area contributed by atoms with Gasteiger partial charge in [-0.15, -0.1) is 0 Å². The summed E-state index contributed by atoms with van der Waals surface area (Å²) in [6.45, 7) is 5.42. The maximum Gasteiger partial charge on any atom is 0.253 e. The van der Waals surface area contributed by atoms with Crippen molar-refractivity contribution in [3.8, 4) is 11.5 Å². The van der Waals surface area contributed by atoms with E-state index in [1.54, 1.807) is 24.3 Å². The molecule has 0 bridgehead atoms. The molecule has 2 aromatic rings. The van der Waals surface area contributed by atoms with Crippen LogP contribution in [0.3, 0.4) is 0 Å². The first kappa shape index (κ1) is 20.0. The van der Waals surface area contributed by atoms with Crippen LogP contribution in [0.4, 0.5) is 0 Å². The van der Waals surface area contributed by atoms with Gasteiger partial charge < -0.3 is 20.1 Å². The van der Waals surface area contributed by atoms with E-state index in [2.05, 4.69) is 10.6 Å². The van der Waals surface area contributed by atoms with Gasteiger partial charge in [0.1, 0.15) is 13.2 Å². The molecule has 0 aliphatic carbocycles. The molecule has 0 radical (unpaired) electrons. The maximum absolute atomic E-state index is 12.2. The second kappa shape index (κ2) is 8.52. The summed E-state index contributed by atoms with van der Waals surface area (Å²) in [7, 11) is 0. The van der Waals surface area contributed by atoms with Crippen molar-refractivity contribution in [2.24, 2.45) is 0 Å². The number of benzene rings is 2. The SMILES string of the molecule is CC(C)(CNC(=O)CNC(=O)c1ccccc1Cl)c1ccc2c(c1)OCCO2. The Bertz CT molecular complexity index is 882. The highest BCUT2D eigenvalue weighted by molar-refractivity contribution is 6.33. The number of hydrogen-bond acceptors (Lipinski definition) is 4. The minimum Gasteiger partial charge on any atom is -0.486 e. The van der Waals surface area contributed by atoms with E-state index in [1.165, 1.54) is 0 Å². The predicted molar refractivity (Wildman–Crippen MR) is 107 cm³/mol. The molecule has 0 atom stereocenters. The van der Waals surface area contributed by atoms with Crippen molar-refractivity contribution in [1.82, 2.24) is 10.6 Å². The third-order valence-electron chi connectivity index (χ3n) is 4.58. The fourth-order valence-electron chi connectivity index (χ4n) is 2.85. The van der Waals surface area contributed by atoms with Crippen molar-refractivity contribution >= 4 is 23.4 Å². The number of hydrogen-bond donors (Lipinski definition) is 2. The smallest absolute Gasteiger partial charge is 0.253 e. The molecule has 148 valence electrons. The molecule has 0 spiro atoms. The standard InChI is InChI=1S/C21H23ClN2O4/c1-21(2,14-7-8-17-18(11-14)28-10-9-27-17)13-24-19(25)12-23-20(26)15-5-3-4-6-16(15)22/h3-8,11H,9-10,12-13H2,1-2H3,(H,23,26)(H,24,25). The number of ether oxygens (including phenoxy) is 2. The van der Waals surface area contributed by atoms with Gasteiger partial charge >= 0.3 is 0 Å². The number of amides is 2. The topological polar surface area (TPSA) is 76.7 Å². The number of carbonyl (C=O) groups excluding carboxylic acids is 2. The fourth-order valence-corrected chi connectivity index (χ4v) is 3.07. The quantitative estimate of drug-likeness (QED) is 0.778. The third kappa shape index (κ3) is 4.75. The van der Waals surface area contributed by atoms with E-state index in [4.69, 9.17) is 21.1 Å². The van der Waals surface area contributed by atoms with Gasteiger partial charge in [-0.25, -0.2) is 0 Å². The molecule has 1 aliphatic heterocycles. The Morgan fingerprint density at radius 1 is 1.04 bits per heavy atom. The van der Waals surface area contributed by atoms with Crippen LogP contribution >= 0.6 is 11.6 Å². The normalized spacial score (nSPS) is 13.0. The Labute approximate surface area is 169 Å². The lowest BCUT2D eigenvalue weighted by atomic mass is 9.84. The van der Waals surface area contributed by atoms with E-state index in [0.29, 0.717) is 30.3 Å². The molecule has 0 saturated carbocycles. The van der Waals surface area contributed by atoms with Gasteiger partial charge in [0.2, 0.25) is 5.91 Å². The lowest BCUT2D eigenvalue weighted by molar-refractivity contribution is -0.120. The summed E-state index contributed by atoms with van der Waals surface area (Å²) >= 11 is 5.99. The largest absolute Gasteiger partial charge is 0.486 e.